The Morgan fingerprint density at radius 3 is 2.24 bits per heavy atom. The topological polar surface area (TPSA) is 59.5 Å². The number of aryl methyl sites for hydroxylation is 1. The molecule has 8 heteroatoms. The summed E-state index contributed by atoms with van der Waals surface area (Å²) < 4.78 is 59.1. The highest BCUT2D eigenvalue weighted by Gasteiger charge is 2.39. The van der Waals surface area contributed by atoms with Crippen molar-refractivity contribution in [3.63, 3.8) is 0 Å². The van der Waals surface area contributed by atoms with E-state index in [2.05, 4.69) is 22.0 Å². The van der Waals surface area contributed by atoms with E-state index in [0.717, 1.165) is 67.3 Å². The number of likely N-dealkylation sites (tertiary alicyclic amines) is 1. The molecule has 4 aromatic rings. The summed E-state index contributed by atoms with van der Waals surface area (Å²) in [5.41, 5.74) is 5.02. The van der Waals surface area contributed by atoms with Gasteiger partial charge >= 0.3 is 0 Å². The number of sulfone groups is 1. The standard InChI is InChI=1S/C33H32F2N2O3S/c34-29-17-25(18-30(35)20-29)21-37-15-12-33(13-16-37)11-10-28-19-27(8-9-32(28)40-33)26-6-4-24(5-7-26)22-41(38,39)23-31-3-1-2-14-36-31/h1-9,14,17-20H,10-13,15-16,21-23H2. The first-order valence-corrected chi connectivity index (χ1v) is 15.8. The largest absolute Gasteiger partial charge is 0.487 e. The van der Waals surface area contributed by atoms with Crippen LogP contribution in [0.5, 0.6) is 5.75 Å². The molecule has 5 nitrogen and oxygen atoms in total. The fraction of sp³-hybridized carbons (Fsp3) is 0.303. The third kappa shape index (κ3) is 6.66. The SMILES string of the molecule is O=S(=O)(Cc1ccc(-c2ccc3c(c2)CCC2(CCN(Cc4cc(F)cc(F)c4)CC2)O3)cc1)Cc1ccccn1. The molecule has 0 N–H and O–H groups in total. The van der Waals surface area contributed by atoms with E-state index < -0.39 is 21.5 Å². The van der Waals surface area contributed by atoms with Crippen LogP contribution in [0.15, 0.2) is 85.1 Å². The number of piperidine rings is 1. The van der Waals surface area contributed by atoms with E-state index in [9.17, 15) is 17.2 Å². The summed E-state index contributed by atoms with van der Waals surface area (Å²) >= 11 is 0. The van der Waals surface area contributed by atoms with Gasteiger partial charge in [0.2, 0.25) is 0 Å². The molecule has 0 unspecified atom stereocenters. The number of halogens is 2. The van der Waals surface area contributed by atoms with Crippen LogP contribution >= 0.6 is 0 Å². The van der Waals surface area contributed by atoms with Crippen molar-refractivity contribution in [3.05, 3.63) is 119 Å². The Kier molecular flexibility index (Phi) is 7.62. The molecule has 0 radical (unpaired) electrons. The molecule has 1 aromatic heterocycles. The van der Waals surface area contributed by atoms with Crippen LogP contribution in [0.3, 0.4) is 0 Å². The first-order chi connectivity index (χ1) is 19.7. The summed E-state index contributed by atoms with van der Waals surface area (Å²) in [7, 11) is -3.33. The average molecular weight is 575 g/mol. The zero-order valence-electron chi connectivity index (χ0n) is 22.7. The number of pyridine rings is 1. The van der Waals surface area contributed by atoms with Crippen LogP contribution in [-0.4, -0.2) is 37.0 Å². The maximum atomic E-state index is 13.6. The van der Waals surface area contributed by atoms with Crippen molar-refractivity contribution in [1.29, 1.82) is 0 Å². The number of fused-ring (bicyclic) bond motifs is 1. The zero-order valence-corrected chi connectivity index (χ0v) is 23.5. The highest BCUT2D eigenvalue weighted by atomic mass is 32.2. The van der Waals surface area contributed by atoms with Crippen molar-refractivity contribution in [2.75, 3.05) is 13.1 Å². The van der Waals surface area contributed by atoms with Gasteiger partial charge in [0, 0.05) is 31.9 Å². The van der Waals surface area contributed by atoms with Gasteiger partial charge in [-0.05, 0) is 89.9 Å². The molecule has 3 heterocycles. The minimum absolute atomic E-state index is 0.0273. The molecule has 3 aromatic carbocycles. The Morgan fingerprint density at radius 2 is 1.54 bits per heavy atom. The fourth-order valence-electron chi connectivity index (χ4n) is 5.94. The molecule has 0 bridgehead atoms. The molecule has 0 atom stereocenters. The summed E-state index contributed by atoms with van der Waals surface area (Å²) in [5, 5.41) is 0. The smallest absolute Gasteiger partial charge is 0.160 e. The minimum Gasteiger partial charge on any atom is -0.487 e. The Bertz CT molecular complexity index is 1620. The second-order valence-corrected chi connectivity index (χ2v) is 13.3. The highest BCUT2D eigenvalue weighted by molar-refractivity contribution is 7.89. The monoisotopic (exact) mass is 574 g/mol. The molecule has 1 saturated heterocycles. The molecular formula is C33H32F2N2O3S. The molecule has 2 aliphatic heterocycles. The lowest BCUT2D eigenvalue weighted by atomic mass is 9.82. The van der Waals surface area contributed by atoms with Gasteiger partial charge in [-0.1, -0.05) is 36.4 Å². The number of ether oxygens (including phenoxy) is 1. The van der Waals surface area contributed by atoms with Crippen LogP contribution < -0.4 is 4.74 Å². The van der Waals surface area contributed by atoms with E-state index in [0.29, 0.717) is 17.8 Å². The summed E-state index contributed by atoms with van der Waals surface area (Å²) in [6, 6.07) is 23.0. The van der Waals surface area contributed by atoms with Gasteiger partial charge in [0.05, 0.1) is 17.2 Å². The number of benzene rings is 3. The van der Waals surface area contributed by atoms with Crippen LogP contribution in [-0.2, 0) is 34.3 Å². The van der Waals surface area contributed by atoms with Crippen LogP contribution in [0.4, 0.5) is 8.78 Å². The molecule has 41 heavy (non-hydrogen) atoms. The number of nitrogens with zero attached hydrogens (tertiary/aromatic N) is 2. The van der Waals surface area contributed by atoms with Crippen molar-refractivity contribution >= 4 is 9.84 Å². The third-order valence-corrected chi connectivity index (χ3v) is 9.61. The first-order valence-electron chi connectivity index (χ1n) is 13.9. The fourth-order valence-corrected chi connectivity index (χ4v) is 7.36. The van der Waals surface area contributed by atoms with Gasteiger partial charge in [0.1, 0.15) is 23.0 Å². The predicted molar refractivity (Wildman–Crippen MR) is 155 cm³/mol. The van der Waals surface area contributed by atoms with Crippen molar-refractivity contribution < 1.29 is 21.9 Å². The van der Waals surface area contributed by atoms with E-state index in [1.165, 1.54) is 17.7 Å². The maximum Gasteiger partial charge on any atom is 0.160 e. The van der Waals surface area contributed by atoms with E-state index in [1.807, 2.05) is 30.3 Å². The van der Waals surface area contributed by atoms with Crippen LogP contribution in [0.1, 0.15) is 41.6 Å². The summed E-state index contributed by atoms with van der Waals surface area (Å²) in [4.78, 5) is 6.36. The first kappa shape index (κ1) is 27.5. The van der Waals surface area contributed by atoms with Gasteiger partial charge in [-0.2, -0.15) is 0 Å². The quantitative estimate of drug-likeness (QED) is 0.252. The minimum atomic E-state index is -3.33. The van der Waals surface area contributed by atoms with Crippen molar-refractivity contribution in [1.82, 2.24) is 9.88 Å². The Balaban J connectivity index is 1.07. The Hall–Kier alpha value is -3.62. The second kappa shape index (κ2) is 11.3. The summed E-state index contributed by atoms with van der Waals surface area (Å²) in [5.74, 6) is -0.271. The second-order valence-electron chi connectivity index (χ2n) is 11.2. The van der Waals surface area contributed by atoms with Gasteiger partial charge < -0.3 is 4.74 Å². The zero-order chi connectivity index (χ0) is 28.5. The number of rotatable bonds is 7. The molecule has 0 saturated carbocycles. The molecule has 2 aliphatic rings. The van der Waals surface area contributed by atoms with Gasteiger partial charge in [-0.3, -0.25) is 9.88 Å². The summed E-state index contributed by atoms with van der Waals surface area (Å²) in [6.07, 6.45) is 5.20. The molecule has 1 spiro atoms. The Labute approximate surface area is 239 Å². The normalized spacial score (nSPS) is 16.7. The van der Waals surface area contributed by atoms with E-state index >= 15 is 0 Å². The average Bonchev–Trinajstić information content (AvgIpc) is 2.94. The molecule has 1 fully saturated rings. The lowest BCUT2D eigenvalue weighted by molar-refractivity contribution is -0.0163. The van der Waals surface area contributed by atoms with Gasteiger partial charge in [-0.15, -0.1) is 0 Å². The molecule has 0 amide bonds. The maximum absolute atomic E-state index is 13.6. The van der Waals surface area contributed by atoms with Gasteiger partial charge in [-0.25, -0.2) is 17.2 Å². The van der Waals surface area contributed by atoms with Gasteiger partial charge in [0.15, 0.2) is 9.84 Å². The van der Waals surface area contributed by atoms with Crippen molar-refractivity contribution in [3.8, 4) is 16.9 Å². The van der Waals surface area contributed by atoms with Crippen LogP contribution in [0.2, 0.25) is 0 Å². The van der Waals surface area contributed by atoms with Crippen LogP contribution in [0, 0.1) is 11.6 Å². The van der Waals surface area contributed by atoms with Crippen LogP contribution in [0.25, 0.3) is 11.1 Å². The number of aromatic nitrogens is 1. The van der Waals surface area contributed by atoms with E-state index in [1.54, 1.807) is 24.4 Å². The summed E-state index contributed by atoms with van der Waals surface area (Å²) in [6.45, 7) is 2.16. The van der Waals surface area contributed by atoms with E-state index in [4.69, 9.17) is 4.74 Å². The van der Waals surface area contributed by atoms with Crippen molar-refractivity contribution in [2.45, 2.75) is 49.3 Å². The lowest BCUT2D eigenvalue weighted by Crippen LogP contribution is -2.49. The molecule has 0 aliphatic carbocycles. The predicted octanol–water partition coefficient (Wildman–Crippen LogP) is 6.50. The van der Waals surface area contributed by atoms with Gasteiger partial charge in [0.25, 0.3) is 0 Å². The van der Waals surface area contributed by atoms with Crippen molar-refractivity contribution in [2.24, 2.45) is 0 Å². The molecule has 212 valence electrons. The number of hydrogen-bond acceptors (Lipinski definition) is 5. The highest BCUT2D eigenvalue weighted by Crippen LogP contribution is 2.41. The number of hydrogen-bond donors (Lipinski definition) is 0. The molecular weight excluding hydrogens is 542 g/mol. The van der Waals surface area contributed by atoms with E-state index in [-0.39, 0.29) is 17.1 Å². The lowest BCUT2D eigenvalue weighted by Gasteiger charge is -2.44. The third-order valence-electron chi connectivity index (χ3n) is 8.10. The molecule has 6 rings (SSSR count). The Morgan fingerprint density at radius 1 is 0.805 bits per heavy atom.